The monoisotopic (exact) mass is 328 g/mol. The number of hydrogen-bond acceptors (Lipinski definition) is 3. The average molecular weight is 328 g/mol. The number of fused-ring (bicyclic) bond motifs is 2. The van der Waals surface area contributed by atoms with Crippen molar-refractivity contribution in [2.75, 3.05) is 0 Å². The molecule has 2 unspecified atom stereocenters. The maximum Gasteiger partial charge on any atom is 0.387 e. The highest BCUT2D eigenvalue weighted by Crippen LogP contribution is 2.37. The largest absolute Gasteiger partial charge is 0.435 e. The lowest BCUT2D eigenvalue weighted by atomic mass is 9.93. The van der Waals surface area contributed by atoms with Gasteiger partial charge in [0.2, 0.25) is 0 Å². The molecule has 0 radical (unpaired) electrons. The Bertz CT molecular complexity index is 682. The van der Waals surface area contributed by atoms with Crippen LogP contribution in [0.15, 0.2) is 35.9 Å². The number of para-hydroxylation sites is 1. The second-order valence-corrected chi connectivity index (χ2v) is 8.32. The van der Waals surface area contributed by atoms with Crippen molar-refractivity contribution in [1.82, 2.24) is 0 Å². The zero-order valence-corrected chi connectivity index (χ0v) is 12.9. The highest BCUT2D eigenvalue weighted by atomic mass is 32.2. The van der Waals surface area contributed by atoms with Crippen molar-refractivity contribution in [2.24, 2.45) is 0 Å². The van der Waals surface area contributed by atoms with Gasteiger partial charge in [-0.15, -0.1) is 0 Å². The van der Waals surface area contributed by atoms with Crippen molar-refractivity contribution in [3.05, 3.63) is 41.5 Å². The molecule has 0 aliphatic carbocycles. The van der Waals surface area contributed by atoms with Crippen LogP contribution in [0.5, 0.6) is 5.75 Å². The van der Waals surface area contributed by atoms with E-state index < -0.39 is 21.7 Å². The SMILES string of the molecule is O=S1(=O)C2C=C(Cc3ccccc3OC(F)F)CC1CCC2. The number of halogens is 2. The van der Waals surface area contributed by atoms with Gasteiger partial charge in [-0.3, -0.25) is 0 Å². The smallest absolute Gasteiger partial charge is 0.387 e. The van der Waals surface area contributed by atoms with Gasteiger partial charge in [0.15, 0.2) is 9.84 Å². The van der Waals surface area contributed by atoms with Gasteiger partial charge in [0.1, 0.15) is 5.75 Å². The van der Waals surface area contributed by atoms with Crippen LogP contribution in [0.1, 0.15) is 31.2 Å². The van der Waals surface area contributed by atoms with Gasteiger partial charge in [-0.05, 0) is 37.3 Å². The molecule has 1 fully saturated rings. The number of benzene rings is 1. The highest BCUT2D eigenvalue weighted by molar-refractivity contribution is 7.92. The zero-order chi connectivity index (χ0) is 15.7. The minimum absolute atomic E-state index is 0.164. The standard InChI is InChI=1S/C16H18F2O3S/c17-16(18)21-15-7-2-1-4-12(15)8-11-9-13-5-3-6-14(10-11)22(13,19)20/h1-2,4,7,9,13-14,16H,3,5-6,8,10H2. The van der Waals surface area contributed by atoms with E-state index in [9.17, 15) is 17.2 Å². The molecule has 0 aromatic heterocycles. The van der Waals surface area contributed by atoms with Crippen LogP contribution < -0.4 is 4.74 Å². The lowest BCUT2D eigenvalue weighted by Crippen LogP contribution is -2.39. The first-order chi connectivity index (χ1) is 10.5. The third kappa shape index (κ3) is 3.02. The molecule has 1 aromatic rings. The summed E-state index contributed by atoms with van der Waals surface area (Å²) in [6.45, 7) is -2.86. The molecule has 2 aliphatic heterocycles. The third-order valence-electron chi connectivity index (χ3n) is 4.42. The minimum atomic E-state index is -3.05. The second kappa shape index (κ2) is 5.99. The fourth-order valence-electron chi connectivity index (χ4n) is 3.38. The molecule has 22 heavy (non-hydrogen) atoms. The molecule has 1 aromatic carbocycles. The molecular formula is C16H18F2O3S. The minimum Gasteiger partial charge on any atom is -0.435 e. The fraction of sp³-hybridized carbons (Fsp3) is 0.500. The molecule has 3 nitrogen and oxygen atoms in total. The third-order valence-corrected chi connectivity index (χ3v) is 6.97. The maximum atomic E-state index is 12.5. The summed E-state index contributed by atoms with van der Waals surface area (Å²) in [5, 5.41) is -0.715. The van der Waals surface area contributed by atoms with Crippen LogP contribution in [-0.2, 0) is 16.3 Å². The second-order valence-electron chi connectivity index (χ2n) is 5.87. The summed E-state index contributed by atoms with van der Waals surface area (Å²) in [6.07, 6.45) is 5.09. The van der Waals surface area contributed by atoms with Crippen molar-refractivity contribution >= 4 is 9.84 Å². The Morgan fingerprint density at radius 2 is 2.00 bits per heavy atom. The Kier molecular flexibility index (Phi) is 4.21. The predicted octanol–water partition coefficient (Wildman–Crippen LogP) is 3.50. The van der Waals surface area contributed by atoms with Gasteiger partial charge in [-0.2, -0.15) is 8.78 Å². The topological polar surface area (TPSA) is 43.4 Å². The zero-order valence-electron chi connectivity index (χ0n) is 12.0. The number of sulfone groups is 1. The van der Waals surface area contributed by atoms with Gasteiger partial charge < -0.3 is 4.74 Å². The summed E-state index contributed by atoms with van der Waals surface area (Å²) in [4.78, 5) is 0. The Labute approximate surface area is 128 Å². The first kappa shape index (κ1) is 15.5. The normalized spacial score (nSPS) is 26.6. The number of rotatable bonds is 4. The molecule has 2 aliphatic rings. The Morgan fingerprint density at radius 3 is 2.73 bits per heavy atom. The van der Waals surface area contributed by atoms with E-state index in [4.69, 9.17) is 0 Å². The van der Waals surface area contributed by atoms with Crippen LogP contribution in [0.2, 0.25) is 0 Å². The van der Waals surface area contributed by atoms with Gasteiger partial charge in [-0.25, -0.2) is 8.42 Å². The van der Waals surface area contributed by atoms with E-state index >= 15 is 0 Å². The van der Waals surface area contributed by atoms with E-state index in [1.54, 1.807) is 18.2 Å². The summed E-state index contributed by atoms with van der Waals surface area (Å²) in [7, 11) is -3.05. The number of alkyl halides is 2. The molecule has 0 amide bonds. The molecule has 0 saturated carbocycles. The fourth-order valence-corrected chi connectivity index (χ4v) is 5.69. The van der Waals surface area contributed by atoms with Crippen molar-refractivity contribution in [3.8, 4) is 5.75 Å². The van der Waals surface area contributed by atoms with Crippen molar-refractivity contribution in [1.29, 1.82) is 0 Å². The van der Waals surface area contributed by atoms with Crippen LogP contribution in [0.25, 0.3) is 0 Å². The van der Waals surface area contributed by atoms with Gasteiger partial charge in [-0.1, -0.05) is 36.3 Å². The molecule has 3 rings (SSSR count). The maximum absolute atomic E-state index is 12.5. The first-order valence-corrected chi connectivity index (χ1v) is 9.03. The van der Waals surface area contributed by atoms with E-state index in [0.29, 0.717) is 31.2 Å². The molecule has 2 heterocycles. The highest BCUT2D eigenvalue weighted by Gasteiger charge is 2.40. The van der Waals surface area contributed by atoms with E-state index in [2.05, 4.69) is 4.74 Å². The predicted molar refractivity (Wildman–Crippen MR) is 79.8 cm³/mol. The van der Waals surface area contributed by atoms with Gasteiger partial charge >= 0.3 is 6.61 Å². The Morgan fingerprint density at radius 1 is 1.23 bits per heavy atom. The summed E-state index contributed by atoms with van der Waals surface area (Å²) in [5.74, 6) is 0.164. The molecule has 2 atom stereocenters. The van der Waals surface area contributed by atoms with E-state index in [1.807, 2.05) is 6.08 Å². The lowest BCUT2D eigenvalue weighted by molar-refractivity contribution is -0.0504. The first-order valence-electron chi connectivity index (χ1n) is 7.42. The number of allylic oxidation sites excluding steroid dienone is 1. The van der Waals surface area contributed by atoms with Gasteiger partial charge in [0, 0.05) is 0 Å². The van der Waals surface area contributed by atoms with E-state index in [-0.39, 0.29) is 11.0 Å². The lowest BCUT2D eigenvalue weighted by Gasteiger charge is -2.33. The quantitative estimate of drug-likeness (QED) is 0.795. The molecule has 0 N–H and O–H groups in total. The Balaban J connectivity index is 1.84. The van der Waals surface area contributed by atoms with E-state index in [1.165, 1.54) is 6.07 Å². The summed E-state index contributed by atoms with van der Waals surface area (Å²) >= 11 is 0. The molecule has 120 valence electrons. The summed E-state index contributed by atoms with van der Waals surface area (Å²) in [6, 6.07) is 6.68. The average Bonchev–Trinajstić information content (AvgIpc) is 2.41. The summed E-state index contributed by atoms with van der Waals surface area (Å²) < 4.78 is 53.9. The molecule has 6 heteroatoms. The molecular weight excluding hydrogens is 310 g/mol. The Hall–Kier alpha value is -1.43. The number of ether oxygens (including phenoxy) is 1. The van der Waals surface area contributed by atoms with Gasteiger partial charge in [0.25, 0.3) is 0 Å². The van der Waals surface area contributed by atoms with E-state index in [0.717, 1.165) is 12.0 Å². The van der Waals surface area contributed by atoms with Crippen LogP contribution in [0.3, 0.4) is 0 Å². The molecule has 0 spiro atoms. The number of hydrogen-bond donors (Lipinski definition) is 0. The molecule has 2 bridgehead atoms. The van der Waals surface area contributed by atoms with Gasteiger partial charge in [0.05, 0.1) is 10.5 Å². The van der Waals surface area contributed by atoms with Crippen molar-refractivity contribution < 1.29 is 21.9 Å². The summed E-state index contributed by atoms with van der Waals surface area (Å²) in [5.41, 5.74) is 1.68. The van der Waals surface area contributed by atoms with Crippen LogP contribution in [0, 0.1) is 0 Å². The molecule has 1 saturated heterocycles. The van der Waals surface area contributed by atoms with Crippen molar-refractivity contribution in [3.63, 3.8) is 0 Å². The van der Waals surface area contributed by atoms with Crippen LogP contribution in [-0.4, -0.2) is 25.5 Å². The van der Waals surface area contributed by atoms with Crippen molar-refractivity contribution in [2.45, 2.75) is 49.2 Å². The van der Waals surface area contributed by atoms with Crippen LogP contribution >= 0.6 is 0 Å². The van der Waals surface area contributed by atoms with Crippen LogP contribution in [0.4, 0.5) is 8.78 Å².